The molecule has 1 nitrogen and oxygen atoms in total. The van der Waals surface area contributed by atoms with Gasteiger partial charge < -0.3 is 0 Å². The molecule has 0 N–H and O–H groups in total. The molecular formula is C34H39NSSi. The molecule has 0 bridgehead atoms. The molecule has 2 heterocycles. The summed E-state index contributed by atoms with van der Waals surface area (Å²) < 4.78 is 1.28. The molecule has 0 saturated carbocycles. The predicted octanol–water partition coefficient (Wildman–Crippen LogP) is 9.92. The molecule has 190 valence electrons. The van der Waals surface area contributed by atoms with E-state index in [2.05, 4.69) is 128 Å². The van der Waals surface area contributed by atoms with Crippen molar-refractivity contribution in [3.05, 3.63) is 84.1 Å². The van der Waals surface area contributed by atoms with Gasteiger partial charge in [0, 0.05) is 22.0 Å². The summed E-state index contributed by atoms with van der Waals surface area (Å²) in [6.45, 7) is 21.2. The van der Waals surface area contributed by atoms with Gasteiger partial charge in [0.2, 0.25) is 0 Å². The maximum Gasteiger partial charge on any atom is 0.0880 e. The van der Waals surface area contributed by atoms with E-state index in [0.717, 1.165) is 5.69 Å². The molecule has 0 amide bonds. The molecule has 0 spiro atoms. The Morgan fingerprint density at radius 3 is 2.00 bits per heavy atom. The van der Waals surface area contributed by atoms with Gasteiger partial charge in [-0.1, -0.05) is 115 Å². The summed E-state index contributed by atoms with van der Waals surface area (Å²) in [6.07, 6.45) is 2.00. The van der Waals surface area contributed by atoms with Crippen LogP contribution in [0.2, 0.25) is 19.6 Å². The van der Waals surface area contributed by atoms with Gasteiger partial charge in [-0.3, -0.25) is 4.98 Å². The van der Waals surface area contributed by atoms with Crippen LogP contribution in [0.1, 0.15) is 52.7 Å². The second-order valence-electron chi connectivity index (χ2n) is 13.4. The number of fused-ring (bicyclic) bond motifs is 2. The quantitative estimate of drug-likeness (QED) is 0.215. The number of hydrogen-bond donors (Lipinski definition) is 0. The van der Waals surface area contributed by atoms with Gasteiger partial charge in [-0.15, -0.1) is 11.3 Å². The number of aromatic nitrogens is 1. The molecular weight excluding hydrogens is 483 g/mol. The number of hydrogen-bond acceptors (Lipinski definition) is 2. The highest BCUT2D eigenvalue weighted by atomic mass is 32.1. The van der Waals surface area contributed by atoms with E-state index in [1.54, 1.807) is 0 Å². The second-order valence-corrected chi connectivity index (χ2v) is 19.5. The molecule has 3 heteroatoms. The van der Waals surface area contributed by atoms with Crippen molar-refractivity contribution in [2.45, 2.75) is 72.0 Å². The van der Waals surface area contributed by atoms with Crippen LogP contribution in [0.3, 0.4) is 0 Å². The fourth-order valence-corrected chi connectivity index (χ4v) is 8.06. The lowest BCUT2D eigenvalue weighted by atomic mass is 9.82. The Bertz CT molecular complexity index is 1600. The Hall–Kier alpha value is -2.75. The third kappa shape index (κ3) is 4.80. The summed E-state index contributed by atoms with van der Waals surface area (Å²) in [6, 6.07) is 25.1. The third-order valence-electron chi connectivity index (χ3n) is 7.31. The van der Waals surface area contributed by atoms with Crippen LogP contribution in [-0.2, 0) is 10.8 Å². The fraction of sp³-hybridized carbons (Fsp3) is 0.324. The van der Waals surface area contributed by atoms with E-state index in [-0.39, 0.29) is 10.8 Å². The van der Waals surface area contributed by atoms with Gasteiger partial charge in [-0.05, 0) is 56.5 Å². The number of pyridine rings is 1. The van der Waals surface area contributed by atoms with E-state index >= 15 is 0 Å². The molecule has 0 aliphatic carbocycles. The van der Waals surface area contributed by atoms with E-state index in [4.69, 9.17) is 4.98 Å². The average molecular weight is 522 g/mol. The van der Waals surface area contributed by atoms with Gasteiger partial charge in [-0.2, -0.15) is 0 Å². The van der Waals surface area contributed by atoms with Crippen molar-refractivity contribution < 1.29 is 0 Å². The third-order valence-corrected chi connectivity index (χ3v) is 10.6. The summed E-state index contributed by atoms with van der Waals surface area (Å²) in [5.74, 6) is 0. The molecule has 0 aliphatic heterocycles. The van der Waals surface area contributed by atoms with Crippen molar-refractivity contribution in [3.63, 3.8) is 0 Å². The highest BCUT2D eigenvalue weighted by molar-refractivity contribution is 7.23. The first-order valence-corrected chi connectivity index (χ1v) is 17.6. The molecule has 0 atom stereocenters. The SMILES string of the molecule is CC(C)(C)c1cc(-c2nccc3c(C(C)(C)C)c(-c4ccc([Si](C)(C)C)cc4)sc23)cc2ccccc12. The molecule has 3 aromatic carbocycles. The number of rotatable bonds is 3. The van der Waals surface area contributed by atoms with Gasteiger partial charge in [0.25, 0.3) is 0 Å². The average Bonchev–Trinajstić information content (AvgIpc) is 3.23. The Balaban J connectivity index is 1.78. The number of thiophene rings is 1. The summed E-state index contributed by atoms with van der Waals surface area (Å²) in [5.41, 5.74) is 6.46. The van der Waals surface area contributed by atoms with Crippen molar-refractivity contribution in [2.24, 2.45) is 0 Å². The lowest BCUT2D eigenvalue weighted by Gasteiger charge is -2.23. The zero-order chi connectivity index (χ0) is 26.8. The van der Waals surface area contributed by atoms with Crippen molar-refractivity contribution in [3.8, 4) is 21.7 Å². The first-order chi connectivity index (χ1) is 17.2. The summed E-state index contributed by atoms with van der Waals surface area (Å²) in [4.78, 5) is 6.37. The van der Waals surface area contributed by atoms with E-state index in [1.165, 1.54) is 53.2 Å². The largest absolute Gasteiger partial charge is 0.255 e. The van der Waals surface area contributed by atoms with Gasteiger partial charge >= 0.3 is 0 Å². The monoisotopic (exact) mass is 521 g/mol. The van der Waals surface area contributed by atoms with Crippen LogP contribution in [0.5, 0.6) is 0 Å². The summed E-state index contributed by atoms with van der Waals surface area (Å²) >= 11 is 1.91. The van der Waals surface area contributed by atoms with E-state index in [9.17, 15) is 0 Å². The fourth-order valence-electron chi connectivity index (χ4n) is 5.37. The first kappa shape index (κ1) is 25.9. The summed E-state index contributed by atoms with van der Waals surface area (Å²) in [7, 11) is -1.34. The summed E-state index contributed by atoms with van der Waals surface area (Å²) in [5, 5.41) is 5.44. The molecule has 0 saturated heterocycles. The Labute approximate surface area is 227 Å². The van der Waals surface area contributed by atoms with Crippen molar-refractivity contribution in [1.29, 1.82) is 0 Å². The van der Waals surface area contributed by atoms with Crippen LogP contribution < -0.4 is 5.19 Å². The second kappa shape index (κ2) is 8.92. The molecule has 5 rings (SSSR count). The van der Waals surface area contributed by atoms with Gasteiger partial charge in [-0.25, -0.2) is 0 Å². The minimum atomic E-state index is -1.34. The van der Waals surface area contributed by atoms with Crippen molar-refractivity contribution >= 4 is 45.5 Å². The van der Waals surface area contributed by atoms with Crippen molar-refractivity contribution in [2.75, 3.05) is 0 Å². The smallest absolute Gasteiger partial charge is 0.0880 e. The molecule has 0 aliphatic rings. The zero-order valence-corrected chi connectivity index (χ0v) is 25.6. The highest BCUT2D eigenvalue weighted by Gasteiger charge is 2.27. The van der Waals surface area contributed by atoms with Crippen LogP contribution in [0, 0.1) is 0 Å². The Morgan fingerprint density at radius 2 is 1.38 bits per heavy atom. The molecule has 37 heavy (non-hydrogen) atoms. The molecule has 0 fully saturated rings. The van der Waals surface area contributed by atoms with Crippen LogP contribution in [0.15, 0.2) is 72.9 Å². The topological polar surface area (TPSA) is 12.9 Å². The van der Waals surface area contributed by atoms with E-state index in [0.29, 0.717) is 0 Å². The lowest BCUT2D eigenvalue weighted by Crippen LogP contribution is -2.37. The maximum absolute atomic E-state index is 5.00. The molecule has 0 unspecified atom stereocenters. The lowest BCUT2D eigenvalue weighted by molar-refractivity contribution is 0.596. The van der Waals surface area contributed by atoms with Crippen LogP contribution >= 0.6 is 11.3 Å². The zero-order valence-electron chi connectivity index (χ0n) is 23.8. The van der Waals surface area contributed by atoms with Gasteiger partial charge in [0.05, 0.1) is 18.5 Å². The van der Waals surface area contributed by atoms with Crippen LogP contribution in [-0.4, -0.2) is 13.1 Å². The van der Waals surface area contributed by atoms with Gasteiger partial charge in [0.1, 0.15) is 0 Å². The molecule has 2 aromatic heterocycles. The number of nitrogens with zero attached hydrogens (tertiary/aromatic N) is 1. The number of benzene rings is 3. The Kier molecular flexibility index (Phi) is 6.24. The van der Waals surface area contributed by atoms with Gasteiger partial charge in [0.15, 0.2) is 0 Å². The first-order valence-electron chi connectivity index (χ1n) is 13.3. The van der Waals surface area contributed by atoms with E-state index in [1.807, 2.05) is 17.5 Å². The normalized spacial score (nSPS) is 13.0. The van der Waals surface area contributed by atoms with Crippen LogP contribution in [0.4, 0.5) is 0 Å². The molecule has 0 radical (unpaired) electrons. The van der Waals surface area contributed by atoms with E-state index < -0.39 is 8.07 Å². The van der Waals surface area contributed by atoms with Crippen LogP contribution in [0.25, 0.3) is 42.6 Å². The standard InChI is InChI=1S/C34H39NSSi/c1-33(2,3)28-21-24(20-23-12-10-11-13-26(23)28)30-32-27(18-19-35-30)29(34(4,5)6)31(36-32)22-14-16-25(17-15-22)37(7,8)9/h10-21H,1-9H3. The minimum Gasteiger partial charge on any atom is -0.255 e. The Morgan fingerprint density at radius 1 is 0.703 bits per heavy atom. The highest BCUT2D eigenvalue weighted by Crippen LogP contribution is 2.47. The maximum atomic E-state index is 5.00. The molecule has 5 aromatic rings. The minimum absolute atomic E-state index is 0.0175. The van der Waals surface area contributed by atoms with Crippen molar-refractivity contribution in [1.82, 2.24) is 4.98 Å². The predicted molar refractivity (Wildman–Crippen MR) is 168 cm³/mol.